The summed E-state index contributed by atoms with van der Waals surface area (Å²) in [4.78, 5) is 12.2. The van der Waals surface area contributed by atoms with Crippen molar-refractivity contribution in [2.75, 3.05) is 13.7 Å². The van der Waals surface area contributed by atoms with Crippen molar-refractivity contribution >= 4 is 27.4 Å². The summed E-state index contributed by atoms with van der Waals surface area (Å²) in [5.41, 5.74) is 1.07. The van der Waals surface area contributed by atoms with Crippen molar-refractivity contribution < 1.29 is 14.3 Å². The van der Waals surface area contributed by atoms with Crippen LogP contribution >= 0.6 is 11.3 Å². The molecule has 0 aliphatic rings. The Hall–Kier alpha value is -1.55. The minimum atomic E-state index is -0.259. The van der Waals surface area contributed by atoms with E-state index in [9.17, 15) is 4.79 Å². The highest BCUT2D eigenvalue weighted by atomic mass is 32.1. The van der Waals surface area contributed by atoms with Crippen molar-refractivity contribution in [3.8, 4) is 5.75 Å². The number of hydrogen-bond donors (Lipinski definition) is 0. The van der Waals surface area contributed by atoms with Gasteiger partial charge in [-0.2, -0.15) is 0 Å². The summed E-state index contributed by atoms with van der Waals surface area (Å²) in [6.07, 6.45) is 0. The number of aryl methyl sites for hydroxylation is 1. The molecule has 3 nitrogen and oxygen atoms in total. The molecule has 0 aliphatic heterocycles. The highest BCUT2D eigenvalue weighted by Gasteiger charge is 2.12. The SMILES string of the molecule is CCOC(=O)c1cc2cc(OC)c(C)cc2s1. The standard InChI is InChI=1S/C13H14O3S/c1-4-16-13(14)12-7-9-6-10(15-3)8(2)5-11(9)17-12/h5-7H,4H2,1-3H3. The van der Waals surface area contributed by atoms with Crippen LogP contribution in [0.15, 0.2) is 18.2 Å². The van der Waals surface area contributed by atoms with E-state index in [-0.39, 0.29) is 5.97 Å². The summed E-state index contributed by atoms with van der Waals surface area (Å²) >= 11 is 1.45. The highest BCUT2D eigenvalue weighted by molar-refractivity contribution is 7.20. The first kappa shape index (κ1) is 11.9. The van der Waals surface area contributed by atoms with E-state index in [2.05, 4.69) is 0 Å². The third kappa shape index (κ3) is 2.26. The van der Waals surface area contributed by atoms with Gasteiger partial charge in [-0.1, -0.05) is 0 Å². The molecule has 1 aromatic heterocycles. The van der Waals surface area contributed by atoms with Crippen molar-refractivity contribution in [3.05, 3.63) is 28.6 Å². The van der Waals surface area contributed by atoms with Crippen LogP contribution in [-0.2, 0) is 4.74 Å². The Bertz CT molecular complexity index is 557. The normalized spacial score (nSPS) is 10.5. The molecular weight excluding hydrogens is 236 g/mol. The van der Waals surface area contributed by atoms with Gasteiger partial charge in [0.2, 0.25) is 0 Å². The van der Waals surface area contributed by atoms with Crippen LogP contribution in [0.3, 0.4) is 0 Å². The lowest BCUT2D eigenvalue weighted by Gasteiger charge is -2.03. The van der Waals surface area contributed by atoms with Gasteiger partial charge in [0.15, 0.2) is 0 Å². The second kappa shape index (κ2) is 4.75. The average molecular weight is 250 g/mol. The number of methoxy groups -OCH3 is 1. The Morgan fingerprint density at radius 3 is 2.76 bits per heavy atom. The summed E-state index contributed by atoms with van der Waals surface area (Å²) in [5.74, 6) is 0.580. The first-order valence-corrected chi connectivity index (χ1v) is 6.22. The first-order chi connectivity index (χ1) is 8.15. The fourth-order valence-electron chi connectivity index (χ4n) is 1.69. The molecule has 0 atom stereocenters. The van der Waals surface area contributed by atoms with Crippen molar-refractivity contribution in [1.82, 2.24) is 0 Å². The largest absolute Gasteiger partial charge is 0.496 e. The van der Waals surface area contributed by atoms with Gasteiger partial charge >= 0.3 is 5.97 Å². The quantitative estimate of drug-likeness (QED) is 0.783. The average Bonchev–Trinajstić information content (AvgIpc) is 2.71. The third-order valence-corrected chi connectivity index (χ3v) is 3.59. The lowest BCUT2D eigenvalue weighted by atomic mass is 10.1. The second-order valence-corrected chi connectivity index (χ2v) is 4.77. The maximum atomic E-state index is 11.6. The molecule has 0 saturated carbocycles. The third-order valence-electron chi connectivity index (χ3n) is 2.51. The van der Waals surface area contributed by atoms with Crippen molar-refractivity contribution in [1.29, 1.82) is 0 Å². The van der Waals surface area contributed by atoms with Crippen LogP contribution in [0, 0.1) is 6.92 Å². The van der Waals surface area contributed by atoms with Crippen LogP contribution < -0.4 is 4.74 Å². The number of carbonyl (C=O) groups excluding carboxylic acids is 1. The summed E-state index contributed by atoms with van der Waals surface area (Å²) in [6.45, 7) is 4.19. The fourth-order valence-corrected chi connectivity index (χ4v) is 2.73. The van der Waals surface area contributed by atoms with E-state index in [4.69, 9.17) is 9.47 Å². The molecule has 1 aromatic carbocycles. The topological polar surface area (TPSA) is 35.5 Å². The molecule has 90 valence electrons. The molecule has 0 bridgehead atoms. The van der Waals surface area contributed by atoms with Gasteiger partial charge in [0.05, 0.1) is 13.7 Å². The van der Waals surface area contributed by atoms with E-state index in [1.165, 1.54) is 11.3 Å². The van der Waals surface area contributed by atoms with Crippen LogP contribution in [-0.4, -0.2) is 19.7 Å². The minimum absolute atomic E-state index is 0.259. The maximum Gasteiger partial charge on any atom is 0.348 e. The van der Waals surface area contributed by atoms with Gasteiger partial charge in [-0.25, -0.2) is 4.79 Å². The molecule has 0 spiro atoms. The minimum Gasteiger partial charge on any atom is -0.496 e. The molecule has 0 fully saturated rings. The molecule has 0 N–H and O–H groups in total. The zero-order chi connectivity index (χ0) is 12.4. The zero-order valence-electron chi connectivity index (χ0n) is 10.1. The summed E-state index contributed by atoms with van der Waals surface area (Å²) in [7, 11) is 1.65. The van der Waals surface area contributed by atoms with Gasteiger partial charge in [-0.3, -0.25) is 0 Å². The van der Waals surface area contributed by atoms with Crippen molar-refractivity contribution in [2.24, 2.45) is 0 Å². The lowest BCUT2D eigenvalue weighted by molar-refractivity contribution is 0.0532. The first-order valence-electron chi connectivity index (χ1n) is 5.41. The Morgan fingerprint density at radius 2 is 2.12 bits per heavy atom. The number of fused-ring (bicyclic) bond motifs is 1. The molecule has 0 unspecified atom stereocenters. The van der Waals surface area contributed by atoms with Gasteiger partial charge in [0, 0.05) is 4.70 Å². The number of benzene rings is 1. The van der Waals surface area contributed by atoms with Crippen molar-refractivity contribution in [2.45, 2.75) is 13.8 Å². The predicted octanol–water partition coefficient (Wildman–Crippen LogP) is 3.40. The van der Waals surface area contributed by atoms with Crippen LogP contribution in [0.5, 0.6) is 5.75 Å². The van der Waals surface area contributed by atoms with E-state index >= 15 is 0 Å². The lowest BCUT2D eigenvalue weighted by Crippen LogP contribution is -2.01. The molecule has 2 rings (SSSR count). The smallest absolute Gasteiger partial charge is 0.348 e. The highest BCUT2D eigenvalue weighted by Crippen LogP contribution is 2.31. The van der Waals surface area contributed by atoms with E-state index in [1.54, 1.807) is 14.0 Å². The number of thiophene rings is 1. The molecular formula is C13H14O3S. The van der Waals surface area contributed by atoms with Gasteiger partial charge in [0.1, 0.15) is 10.6 Å². The van der Waals surface area contributed by atoms with Crippen molar-refractivity contribution in [3.63, 3.8) is 0 Å². The molecule has 2 aromatic rings. The zero-order valence-corrected chi connectivity index (χ0v) is 10.9. The molecule has 1 heterocycles. The number of esters is 1. The van der Waals surface area contributed by atoms with E-state index < -0.39 is 0 Å². The van der Waals surface area contributed by atoms with Crippen LogP contribution in [0.1, 0.15) is 22.2 Å². The second-order valence-electron chi connectivity index (χ2n) is 3.69. The summed E-state index contributed by atoms with van der Waals surface area (Å²) in [6, 6.07) is 5.82. The molecule has 0 radical (unpaired) electrons. The Kier molecular flexibility index (Phi) is 3.33. The maximum absolute atomic E-state index is 11.6. The van der Waals surface area contributed by atoms with E-state index in [1.807, 2.05) is 25.1 Å². The summed E-state index contributed by atoms with van der Waals surface area (Å²) in [5, 5.41) is 1.01. The van der Waals surface area contributed by atoms with Gasteiger partial charge in [-0.05, 0) is 43.0 Å². The van der Waals surface area contributed by atoms with E-state index in [0.29, 0.717) is 11.5 Å². The molecule has 0 amide bonds. The Balaban J connectivity index is 2.47. The number of rotatable bonds is 3. The fraction of sp³-hybridized carbons (Fsp3) is 0.308. The molecule has 17 heavy (non-hydrogen) atoms. The number of carbonyl (C=O) groups is 1. The van der Waals surface area contributed by atoms with Crippen LogP contribution in [0.2, 0.25) is 0 Å². The Labute approximate surface area is 104 Å². The molecule has 4 heteroatoms. The molecule has 0 saturated heterocycles. The van der Waals surface area contributed by atoms with Gasteiger partial charge in [0.25, 0.3) is 0 Å². The van der Waals surface area contributed by atoms with E-state index in [0.717, 1.165) is 21.4 Å². The molecule has 0 aliphatic carbocycles. The summed E-state index contributed by atoms with van der Waals surface area (Å²) < 4.78 is 11.3. The monoisotopic (exact) mass is 250 g/mol. The predicted molar refractivity (Wildman–Crippen MR) is 69.1 cm³/mol. The van der Waals surface area contributed by atoms with Crippen LogP contribution in [0.4, 0.5) is 0 Å². The van der Waals surface area contributed by atoms with Gasteiger partial charge in [-0.15, -0.1) is 11.3 Å². The van der Waals surface area contributed by atoms with Crippen LogP contribution in [0.25, 0.3) is 10.1 Å². The number of hydrogen-bond acceptors (Lipinski definition) is 4. The Morgan fingerprint density at radius 1 is 1.35 bits per heavy atom. The van der Waals surface area contributed by atoms with Gasteiger partial charge < -0.3 is 9.47 Å². The number of ether oxygens (including phenoxy) is 2.